The summed E-state index contributed by atoms with van der Waals surface area (Å²) in [6.45, 7) is 5.35. The molecule has 7 nitrogen and oxygen atoms in total. The van der Waals surface area contributed by atoms with E-state index in [9.17, 15) is 14.4 Å². The molecule has 3 amide bonds. The van der Waals surface area contributed by atoms with Crippen molar-refractivity contribution in [3.8, 4) is 5.75 Å². The van der Waals surface area contributed by atoms with Gasteiger partial charge in [-0.1, -0.05) is 36.4 Å². The van der Waals surface area contributed by atoms with Gasteiger partial charge in [-0.25, -0.2) is 0 Å². The van der Waals surface area contributed by atoms with E-state index in [1.54, 1.807) is 49.4 Å². The molecule has 0 radical (unpaired) electrons. The smallest absolute Gasteiger partial charge is 0.279 e. The topological polar surface area (TPSA) is 96.5 Å². The van der Waals surface area contributed by atoms with E-state index in [-0.39, 0.29) is 5.91 Å². The monoisotopic (exact) mass is 431 g/mol. The molecule has 1 atom stereocenters. The highest BCUT2D eigenvalue weighted by atomic mass is 16.5. The molecule has 0 aliphatic heterocycles. The molecule has 0 fully saturated rings. The fraction of sp³-hybridized carbons (Fsp3) is 0.160. The molecule has 164 valence electrons. The predicted molar refractivity (Wildman–Crippen MR) is 122 cm³/mol. The summed E-state index contributed by atoms with van der Waals surface area (Å²) in [5.41, 5.74) is 7.97. The molecule has 32 heavy (non-hydrogen) atoms. The number of hydrogen-bond donors (Lipinski definition) is 3. The minimum absolute atomic E-state index is 0.227. The molecule has 0 aliphatic carbocycles. The van der Waals surface area contributed by atoms with Crippen LogP contribution in [0, 0.1) is 13.8 Å². The van der Waals surface area contributed by atoms with Crippen molar-refractivity contribution >= 4 is 23.4 Å². The van der Waals surface area contributed by atoms with E-state index in [0.29, 0.717) is 22.6 Å². The number of rotatable bonds is 6. The zero-order valence-electron chi connectivity index (χ0n) is 18.1. The van der Waals surface area contributed by atoms with Crippen molar-refractivity contribution in [1.82, 2.24) is 10.9 Å². The average Bonchev–Trinajstić information content (AvgIpc) is 2.79. The third kappa shape index (κ3) is 5.72. The molecule has 0 aliphatic rings. The molecule has 3 rings (SSSR count). The molecule has 3 N–H and O–H groups in total. The van der Waals surface area contributed by atoms with Gasteiger partial charge in [0.2, 0.25) is 0 Å². The molecule has 3 aromatic carbocycles. The van der Waals surface area contributed by atoms with E-state index in [4.69, 9.17) is 4.74 Å². The lowest BCUT2D eigenvalue weighted by molar-refractivity contribution is -0.128. The van der Waals surface area contributed by atoms with Crippen LogP contribution < -0.4 is 20.9 Å². The molecule has 0 spiro atoms. The third-order valence-electron chi connectivity index (χ3n) is 4.86. The van der Waals surface area contributed by atoms with Crippen LogP contribution in [0.15, 0.2) is 72.8 Å². The second-order valence-electron chi connectivity index (χ2n) is 7.32. The van der Waals surface area contributed by atoms with Crippen LogP contribution in [0.3, 0.4) is 0 Å². The minimum atomic E-state index is -0.796. The van der Waals surface area contributed by atoms with Gasteiger partial charge in [-0.05, 0) is 68.3 Å². The number of nitrogens with one attached hydrogen (secondary N) is 3. The zero-order chi connectivity index (χ0) is 23.1. The van der Waals surface area contributed by atoms with E-state index >= 15 is 0 Å². The van der Waals surface area contributed by atoms with Crippen LogP contribution in [0.1, 0.15) is 38.8 Å². The number of ether oxygens (including phenoxy) is 1. The summed E-state index contributed by atoms with van der Waals surface area (Å²) in [5.74, 6) is -0.595. The number of carbonyl (C=O) groups excluding carboxylic acids is 3. The Morgan fingerprint density at radius 1 is 0.750 bits per heavy atom. The molecule has 1 unspecified atom stereocenters. The fourth-order valence-electron chi connectivity index (χ4n) is 2.96. The lowest BCUT2D eigenvalue weighted by Crippen LogP contribution is -2.47. The molecule has 0 bridgehead atoms. The average molecular weight is 431 g/mol. The molecule has 7 heteroatoms. The largest absolute Gasteiger partial charge is 0.481 e. The minimum Gasteiger partial charge on any atom is -0.481 e. The van der Waals surface area contributed by atoms with Crippen molar-refractivity contribution in [2.45, 2.75) is 26.9 Å². The van der Waals surface area contributed by atoms with Gasteiger partial charge in [-0.2, -0.15) is 0 Å². The van der Waals surface area contributed by atoms with Gasteiger partial charge in [-0.15, -0.1) is 0 Å². The maximum Gasteiger partial charge on any atom is 0.279 e. The predicted octanol–water partition coefficient (Wildman–Crippen LogP) is 3.78. The van der Waals surface area contributed by atoms with Gasteiger partial charge in [0.05, 0.1) is 0 Å². The van der Waals surface area contributed by atoms with Gasteiger partial charge < -0.3 is 10.1 Å². The van der Waals surface area contributed by atoms with Crippen LogP contribution in [-0.2, 0) is 4.79 Å². The molecular weight excluding hydrogens is 406 g/mol. The Morgan fingerprint density at radius 3 is 2.03 bits per heavy atom. The summed E-state index contributed by atoms with van der Waals surface area (Å²) < 4.78 is 5.64. The first-order valence-corrected chi connectivity index (χ1v) is 10.1. The number of amides is 3. The van der Waals surface area contributed by atoms with Crippen LogP contribution in [-0.4, -0.2) is 23.8 Å². The summed E-state index contributed by atoms with van der Waals surface area (Å²) in [6.07, 6.45) is -0.796. The van der Waals surface area contributed by atoms with Crippen molar-refractivity contribution in [2.24, 2.45) is 0 Å². The Morgan fingerprint density at radius 2 is 1.38 bits per heavy atom. The van der Waals surface area contributed by atoms with E-state index in [2.05, 4.69) is 16.2 Å². The molecular formula is C25H25N3O4. The second kappa shape index (κ2) is 10.3. The van der Waals surface area contributed by atoms with Gasteiger partial charge in [0.1, 0.15) is 5.75 Å². The number of benzene rings is 3. The van der Waals surface area contributed by atoms with Crippen molar-refractivity contribution < 1.29 is 19.1 Å². The SMILES string of the molecule is Cc1ccccc1OC(C)C(=O)NNC(=O)c1ccc(NC(=O)c2ccccc2C)cc1. The number of anilines is 1. The van der Waals surface area contributed by atoms with Crippen molar-refractivity contribution in [1.29, 1.82) is 0 Å². The van der Waals surface area contributed by atoms with Crippen LogP contribution in [0.4, 0.5) is 5.69 Å². The number of aryl methyl sites for hydroxylation is 2. The fourth-order valence-corrected chi connectivity index (χ4v) is 2.96. The molecule has 0 saturated heterocycles. The number of hydrogen-bond acceptors (Lipinski definition) is 4. The molecule has 0 heterocycles. The number of para-hydroxylation sites is 1. The Bertz CT molecular complexity index is 1130. The summed E-state index contributed by atoms with van der Waals surface area (Å²) in [5, 5.41) is 2.80. The highest BCUT2D eigenvalue weighted by Crippen LogP contribution is 2.18. The molecule has 3 aromatic rings. The molecule has 0 saturated carbocycles. The zero-order valence-corrected chi connectivity index (χ0v) is 18.1. The highest BCUT2D eigenvalue weighted by molar-refractivity contribution is 6.05. The number of hydrazine groups is 1. The van der Waals surface area contributed by atoms with E-state index in [1.807, 2.05) is 44.2 Å². The van der Waals surface area contributed by atoms with Crippen LogP contribution in [0.2, 0.25) is 0 Å². The molecule has 0 aromatic heterocycles. The Labute approximate surface area is 186 Å². The first-order valence-electron chi connectivity index (χ1n) is 10.1. The number of carbonyl (C=O) groups is 3. The van der Waals surface area contributed by atoms with Gasteiger partial charge in [-0.3, -0.25) is 25.2 Å². The maximum atomic E-state index is 12.4. The van der Waals surface area contributed by atoms with Crippen molar-refractivity contribution in [3.05, 3.63) is 95.1 Å². The Balaban J connectivity index is 1.52. The van der Waals surface area contributed by atoms with Crippen molar-refractivity contribution in [3.63, 3.8) is 0 Å². The summed E-state index contributed by atoms with van der Waals surface area (Å²) >= 11 is 0. The summed E-state index contributed by atoms with van der Waals surface area (Å²) in [7, 11) is 0. The second-order valence-corrected chi connectivity index (χ2v) is 7.32. The first kappa shape index (κ1) is 22.6. The lowest BCUT2D eigenvalue weighted by atomic mass is 10.1. The van der Waals surface area contributed by atoms with Crippen LogP contribution in [0.5, 0.6) is 5.75 Å². The standard InChI is InChI=1S/C25H25N3O4/c1-16-8-4-6-10-21(16)25(31)26-20-14-12-19(13-15-20)24(30)28-27-23(29)18(3)32-22-11-7-5-9-17(22)2/h4-15,18H,1-3H3,(H,26,31)(H,27,29)(H,28,30). The summed E-state index contributed by atoms with van der Waals surface area (Å²) in [6, 6.07) is 21.0. The first-order chi connectivity index (χ1) is 15.3. The van der Waals surface area contributed by atoms with E-state index < -0.39 is 17.9 Å². The Hall–Kier alpha value is -4.13. The van der Waals surface area contributed by atoms with Gasteiger partial charge in [0.15, 0.2) is 6.10 Å². The maximum absolute atomic E-state index is 12.4. The summed E-state index contributed by atoms with van der Waals surface area (Å²) in [4.78, 5) is 37.0. The van der Waals surface area contributed by atoms with Crippen molar-refractivity contribution in [2.75, 3.05) is 5.32 Å². The van der Waals surface area contributed by atoms with Gasteiger partial charge in [0.25, 0.3) is 17.7 Å². The Kier molecular flexibility index (Phi) is 7.23. The normalized spacial score (nSPS) is 11.2. The third-order valence-corrected chi connectivity index (χ3v) is 4.86. The van der Waals surface area contributed by atoms with E-state index in [0.717, 1.165) is 11.1 Å². The van der Waals surface area contributed by atoms with Crippen LogP contribution in [0.25, 0.3) is 0 Å². The van der Waals surface area contributed by atoms with Gasteiger partial charge >= 0.3 is 0 Å². The van der Waals surface area contributed by atoms with E-state index in [1.165, 1.54) is 0 Å². The highest BCUT2D eigenvalue weighted by Gasteiger charge is 2.17. The quantitative estimate of drug-likeness (QED) is 0.518. The van der Waals surface area contributed by atoms with Gasteiger partial charge in [0, 0.05) is 16.8 Å². The van der Waals surface area contributed by atoms with Crippen LogP contribution >= 0.6 is 0 Å². The lowest BCUT2D eigenvalue weighted by Gasteiger charge is -2.16.